The van der Waals surface area contributed by atoms with E-state index in [0.717, 1.165) is 22.1 Å². The highest BCUT2D eigenvalue weighted by Gasteiger charge is 2.15. The normalized spacial score (nSPS) is 10.6. The Hall–Kier alpha value is -2.20. The Morgan fingerprint density at radius 1 is 0.870 bits per heavy atom. The second-order valence-corrected chi connectivity index (χ2v) is 5.39. The van der Waals surface area contributed by atoms with E-state index < -0.39 is 0 Å². The highest BCUT2D eigenvalue weighted by Crippen LogP contribution is 2.41. The van der Waals surface area contributed by atoms with E-state index in [-0.39, 0.29) is 0 Å². The third-order valence-corrected chi connectivity index (χ3v) is 4.09. The third kappa shape index (κ3) is 3.13. The van der Waals surface area contributed by atoms with E-state index in [1.54, 1.807) is 25.6 Å². The Morgan fingerprint density at radius 2 is 1.65 bits per heavy atom. The number of hydrogen-bond donors (Lipinski definition) is 0. The van der Waals surface area contributed by atoms with Crippen LogP contribution < -0.4 is 14.2 Å². The molecule has 0 spiro atoms. The van der Waals surface area contributed by atoms with E-state index in [9.17, 15) is 0 Å². The fourth-order valence-electron chi connectivity index (χ4n) is 2.45. The van der Waals surface area contributed by atoms with Crippen LogP contribution in [0.5, 0.6) is 23.0 Å². The van der Waals surface area contributed by atoms with Crippen molar-refractivity contribution in [2.75, 3.05) is 14.2 Å². The van der Waals surface area contributed by atoms with Crippen molar-refractivity contribution < 1.29 is 14.2 Å². The van der Waals surface area contributed by atoms with Crippen LogP contribution >= 0.6 is 15.9 Å². The van der Waals surface area contributed by atoms with Gasteiger partial charge in [-0.3, -0.25) is 0 Å². The molecule has 0 N–H and O–H groups in total. The van der Waals surface area contributed by atoms with Crippen molar-refractivity contribution in [2.24, 2.45) is 0 Å². The van der Waals surface area contributed by atoms with Crippen LogP contribution in [0.1, 0.15) is 5.56 Å². The first-order valence-electron chi connectivity index (χ1n) is 7.12. The summed E-state index contributed by atoms with van der Waals surface area (Å²) in [5, 5.41) is 3.97. The minimum Gasteiger partial charge on any atom is -0.497 e. The maximum absolute atomic E-state index is 6.19. The number of halogens is 1. The van der Waals surface area contributed by atoms with E-state index in [0.29, 0.717) is 17.2 Å². The summed E-state index contributed by atoms with van der Waals surface area (Å²) < 4.78 is 17.0. The second kappa shape index (κ2) is 6.92. The van der Waals surface area contributed by atoms with Crippen molar-refractivity contribution in [3.05, 3.63) is 65.5 Å². The van der Waals surface area contributed by atoms with Crippen LogP contribution in [0.2, 0.25) is 0 Å². The lowest BCUT2D eigenvalue weighted by Crippen LogP contribution is -1.96. The van der Waals surface area contributed by atoms with Crippen LogP contribution in [-0.4, -0.2) is 14.2 Å². The Bertz CT molecular complexity index is 799. The minimum atomic E-state index is 0.614. The Labute approximate surface area is 143 Å². The maximum atomic E-state index is 6.19. The highest BCUT2D eigenvalue weighted by atomic mass is 79.9. The quantitative estimate of drug-likeness (QED) is 0.587. The number of benzene rings is 3. The Kier molecular flexibility index (Phi) is 4.72. The Balaban J connectivity index is 2.11. The molecular weight excluding hydrogens is 356 g/mol. The standard InChI is InChI=1S/C19H16BrO3/c1-21-15-10-14(12-20)19(18(11-15)22-2)23-17-9-5-7-13-6-3-4-8-16(13)17/h3-12H,1-2H3. The zero-order chi connectivity index (χ0) is 16.2. The first kappa shape index (κ1) is 15.7. The van der Waals surface area contributed by atoms with Crippen LogP contribution in [-0.2, 0) is 0 Å². The predicted octanol–water partition coefficient (Wildman–Crippen LogP) is 5.55. The molecule has 0 aromatic heterocycles. The van der Waals surface area contributed by atoms with Gasteiger partial charge in [0.1, 0.15) is 11.5 Å². The van der Waals surface area contributed by atoms with Crippen LogP contribution in [0.3, 0.4) is 0 Å². The molecule has 0 fully saturated rings. The SMILES string of the molecule is COc1cc([CH]Br)c(Oc2cccc3ccccc23)c(OC)c1. The molecule has 0 aliphatic carbocycles. The smallest absolute Gasteiger partial charge is 0.173 e. The molecule has 0 saturated heterocycles. The molecule has 0 amide bonds. The Morgan fingerprint density at radius 3 is 2.39 bits per heavy atom. The summed E-state index contributed by atoms with van der Waals surface area (Å²) in [4.78, 5) is 0. The molecule has 1 radical (unpaired) electrons. The number of hydrogen-bond acceptors (Lipinski definition) is 3. The van der Waals surface area contributed by atoms with Crippen molar-refractivity contribution in [3.8, 4) is 23.0 Å². The summed E-state index contributed by atoms with van der Waals surface area (Å²) in [5.74, 6) is 2.74. The van der Waals surface area contributed by atoms with Gasteiger partial charge < -0.3 is 14.2 Å². The third-order valence-electron chi connectivity index (χ3n) is 3.59. The van der Waals surface area contributed by atoms with Gasteiger partial charge in [0, 0.05) is 17.0 Å². The first-order valence-corrected chi connectivity index (χ1v) is 8.03. The van der Waals surface area contributed by atoms with Gasteiger partial charge in [-0.15, -0.1) is 0 Å². The number of rotatable bonds is 5. The molecule has 3 nitrogen and oxygen atoms in total. The molecule has 0 aliphatic rings. The highest BCUT2D eigenvalue weighted by molar-refractivity contribution is 9.10. The predicted molar refractivity (Wildman–Crippen MR) is 95.9 cm³/mol. The van der Waals surface area contributed by atoms with Gasteiger partial charge in [0.25, 0.3) is 0 Å². The molecule has 0 aliphatic heterocycles. The van der Waals surface area contributed by atoms with Crippen LogP contribution in [0.25, 0.3) is 10.8 Å². The summed E-state index contributed by atoms with van der Waals surface area (Å²) in [7, 11) is 3.24. The van der Waals surface area contributed by atoms with Gasteiger partial charge >= 0.3 is 0 Å². The van der Waals surface area contributed by atoms with Gasteiger partial charge in [-0.05, 0) is 17.5 Å². The summed E-state index contributed by atoms with van der Waals surface area (Å²) in [5.41, 5.74) is 0.842. The van der Waals surface area contributed by atoms with E-state index in [2.05, 4.69) is 28.1 Å². The average molecular weight is 372 g/mol. The van der Waals surface area contributed by atoms with Gasteiger partial charge in [0.15, 0.2) is 11.5 Å². The molecular formula is C19H16BrO3. The molecule has 0 atom stereocenters. The molecule has 23 heavy (non-hydrogen) atoms. The average Bonchev–Trinajstić information content (AvgIpc) is 2.62. The molecule has 117 valence electrons. The molecule has 3 rings (SSSR count). The number of methoxy groups -OCH3 is 2. The minimum absolute atomic E-state index is 0.614. The topological polar surface area (TPSA) is 27.7 Å². The first-order chi connectivity index (χ1) is 11.3. The lowest BCUT2D eigenvalue weighted by atomic mass is 10.1. The fraction of sp³-hybridized carbons (Fsp3) is 0.105. The summed E-state index contributed by atoms with van der Waals surface area (Å²) in [6, 6.07) is 17.8. The monoisotopic (exact) mass is 371 g/mol. The number of ether oxygens (including phenoxy) is 3. The molecule has 0 unspecified atom stereocenters. The van der Waals surface area contributed by atoms with Crippen molar-refractivity contribution >= 4 is 26.7 Å². The van der Waals surface area contributed by atoms with Gasteiger partial charge in [0.05, 0.1) is 19.5 Å². The van der Waals surface area contributed by atoms with Crippen molar-refractivity contribution in [1.29, 1.82) is 0 Å². The van der Waals surface area contributed by atoms with Crippen molar-refractivity contribution in [3.63, 3.8) is 0 Å². The van der Waals surface area contributed by atoms with Gasteiger partial charge in [-0.2, -0.15) is 0 Å². The maximum Gasteiger partial charge on any atom is 0.173 e. The van der Waals surface area contributed by atoms with E-state index in [4.69, 9.17) is 14.2 Å². The summed E-state index contributed by atoms with van der Waals surface area (Å²) >= 11 is 3.38. The van der Waals surface area contributed by atoms with Crippen LogP contribution in [0, 0.1) is 5.33 Å². The van der Waals surface area contributed by atoms with Crippen molar-refractivity contribution in [2.45, 2.75) is 0 Å². The van der Waals surface area contributed by atoms with E-state index in [1.807, 2.05) is 36.4 Å². The van der Waals surface area contributed by atoms with E-state index >= 15 is 0 Å². The lowest BCUT2D eigenvalue weighted by Gasteiger charge is -2.16. The van der Waals surface area contributed by atoms with Crippen LogP contribution in [0.4, 0.5) is 0 Å². The zero-order valence-electron chi connectivity index (χ0n) is 12.9. The van der Waals surface area contributed by atoms with Gasteiger partial charge in [-0.1, -0.05) is 52.3 Å². The molecule has 3 aromatic carbocycles. The van der Waals surface area contributed by atoms with Crippen LogP contribution in [0.15, 0.2) is 54.6 Å². The lowest BCUT2D eigenvalue weighted by molar-refractivity contribution is 0.369. The summed E-state index contributed by atoms with van der Waals surface area (Å²) in [6.45, 7) is 0. The fourth-order valence-corrected chi connectivity index (χ4v) is 2.79. The molecule has 3 aromatic rings. The van der Waals surface area contributed by atoms with Gasteiger partial charge in [0.2, 0.25) is 0 Å². The second-order valence-electron chi connectivity index (χ2n) is 4.94. The van der Waals surface area contributed by atoms with Gasteiger partial charge in [-0.25, -0.2) is 0 Å². The largest absolute Gasteiger partial charge is 0.497 e. The van der Waals surface area contributed by atoms with Crippen molar-refractivity contribution in [1.82, 2.24) is 0 Å². The molecule has 4 heteroatoms. The molecule has 0 saturated carbocycles. The number of fused-ring (bicyclic) bond motifs is 1. The summed E-state index contributed by atoms with van der Waals surface area (Å²) in [6.07, 6.45) is 0. The molecule has 0 bridgehead atoms. The molecule has 0 heterocycles. The zero-order valence-corrected chi connectivity index (χ0v) is 14.5. The van der Waals surface area contributed by atoms with E-state index in [1.165, 1.54) is 0 Å².